The normalized spacial score (nSPS) is 17.9. The Morgan fingerprint density at radius 3 is 2.64 bits per heavy atom. The summed E-state index contributed by atoms with van der Waals surface area (Å²) in [5, 5.41) is 9.87. The van der Waals surface area contributed by atoms with Crippen molar-refractivity contribution < 1.29 is 13.2 Å². The number of aromatic amines is 1. The van der Waals surface area contributed by atoms with Crippen LogP contribution in [0.3, 0.4) is 0 Å². The molecule has 1 aliphatic rings. The first-order valence-electron chi connectivity index (χ1n) is 7.94. The third kappa shape index (κ3) is 2.78. The molecule has 0 bridgehead atoms. The van der Waals surface area contributed by atoms with E-state index in [0.29, 0.717) is 34.5 Å². The zero-order chi connectivity index (χ0) is 17.4. The molecular weight excluding hydrogens is 340 g/mol. The van der Waals surface area contributed by atoms with Gasteiger partial charge in [-0.3, -0.25) is 4.79 Å². The number of hydrogen-bond donors (Lipinski definition) is 1. The first-order valence-corrected chi connectivity index (χ1v) is 9.49. The number of aromatic nitrogens is 3. The second-order valence-electron chi connectivity index (χ2n) is 6.05. The zero-order valence-corrected chi connectivity index (χ0v) is 14.1. The summed E-state index contributed by atoms with van der Waals surface area (Å²) < 4.78 is 25.4. The molecule has 8 heteroatoms. The number of nitrogens with one attached hydrogen (secondary N) is 1. The Morgan fingerprint density at radius 1 is 1.08 bits per heavy atom. The van der Waals surface area contributed by atoms with Gasteiger partial charge in [-0.2, -0.15) is 15.4 Å². The average Bonchev–Trinajstić information content (AvgIpc) is 3.31. The minimum atomic E-state index is -3.43. The number of nitrogens with zero attached hydrogens (tertiary/aromatic N) is 3. The molecule has 1 fully saturated rings. The lowest BCUT2D eigenvalue weighted by Crippen LogP contribution is -2.31. The van der Waals surface area contributed by atoms with Gasteiger partial charge in [-0.25, -0.2) is 8.42 Å². The van der Waals surface area contributed by atoms with E-state index in [0.717, 1.165) is 0 Å². The lowest BCUT2D eigenvalue weighted by Gasteiger charge is -2.17. The third-order valence-corrected chi connectivity index (χ3v) is 6.70. The summed E-state index contributed by atoms with van der Waals surface area (Å²) in [5.41, 5.74) is 1.78. The summed E-state index contributed by atoms with van der Waals surface area (Å²) in [6, 6.07) is 13.5. The fourth-order valence-corrected chi connectivity index (χ4v) is 4.84. The van der Waals surface area contributed by atoms with Gasteiger partial charge in [-0.15, -0.1) is 0 Å². The van der Waals surface area contributed by atoms with Crippen molar-refractivity contribution in [1.29, 1.82) is 0 Å². The number of carbonyl (C=O) groups excluding carboxylic acids is 1. The molecule has 1 atom stereocenters. The highest BCUT2D eigenvalue weighted by atomic mass is 32.2. The third-order valence-electron chi connectivity index (χ3n) is 4.51. The van der Waals surface area contributed by atoms with Gasteiger partial charge in [0.2, 0.25) is 0 Å². The molecule has 2 aromatic carbocycles. The Kier molecular flexibility index (Phi) is 3.76. The fraction of sp³-hybridized carbons (Fsp3) is 0.235. The molecule has 128 valence electrons. The van der Waals surface area contributed by atoms with Gasteiger partial charge in [0.1, 0.15) is 11.0 Å². The standard InChI is InChI=1S/C17H16N4O3S/c22-17(12-6-7-15-16(10-12)19-20-18-15)21-9-8-14(11-21)25(23,24)13-4-2-1-3-5-13/h1-7,10,14H,8-9,11H2,(H,18,19,20). The van der Waals surface area contributed by atoms with Crippen LogP contribution in [0, 0.1) is 0 Å². The molecule has 0 spiro atoms. The van der Waals surface area contributed by atoms with Gasteiger partial charge in [0, 0.05) is 18.7 Å². The lowest BCUT2D eigenvalue weighted by atomic mass is 10.2. The molecule has 1 saturated heterocycles. The summed E-state index contributed by atoms with van der Waals surface area (Å²) in [6.45, 7) is 0.624. The van der Waals surface area contributed by atoms with Crippen molar-refractivity contribution in [3.05, 3.63) is 54.1 Å². The molecule has 2 heterocycles. The van der Waals surface area contributed by atoms with Gasteiger partial charge in [0.25, 0.3) is 5.91 Å². The minimum absolute atomic E-state index is 0.185. The van der Waals surface area contributed by atoms with E-state index in [1.165, 1.54) is 0 Å². The fourth-order valence-electron chi connectivity index (χ4n) is 3.12. The van der Waals surface area contributed by atoms with E-state index in [4.69, 9.17) is 0 Å². The van der Waals surface area contributed by atoms with E-state index in [2.05, 4.69) is 15.4 Å². The molecule has 1 N–H and O–H groups in total. The molecule has 1 unspecified atom stereocenters. The first-order chi connectivity index (χ1) is 12.1. The largest absolute Gasteiger partial charge is 0.337 e. The summed E-state index contributed by atoms with van der Waals surface area (Å²) in [5.74, 6) is -0.185. The molecule has 1 aliphatic heterocycles. The summed E-state index contributed by atoms with van der Waals surface area (Å²) in [4.78, 5) is 14.6. The van der Waals surface area contributed by atoms with Crippen molar-refractivity contribution >= 4 is 26.8 Å². The second kappa shape index (κ2) is 5.96. The number of sulfone groups is 1. The smallest absolute Gasteiger partial charge is 0.253 e. The predicted octanol–water partition coefficient (Wildman–Crippen LogP) is 1.65. The van der Waals surface area contributed by atoms with Gasteiger partial charge in [-0.05, 0) is 36.8 Å². The van der Waals surface area contributed by atoms with E-state index in [9.17, 15) is 13.2 Å². The van der Waals surface area contributed by atoms with Crippen LogP contribution in [-0.4, -0.2) is 53.0 Å². The lowest BCUT2D eigenvalue weighted by molar-refractivity contribution is 0.0793. The van der Waals surface area contributed by atoms with Crippen LogP contribution < -0.4 is 0 Å². The Bertz CT molecular complexity index is 1030. The SMILES string of the molecule is O=C(c1ccc2n[nH]nc2c1)N1CCC(S(=O)(=O)c2ccccc2)C1. The van der Waals surface area contributed by atoms with Crippen LogP contribution in [0.2, 0.25) is 0 Å². The molecule has 0 saturated carbocycles. The molecular formula is C17H16N4O3S. The van der Waals surface area contributed by atoms with Crippen LogP contribution >= 0.6 is 0 Å². The van der Waals surface area contributed by atoms with E-state index in [1.807, 2.05) is 0 Å². The molecule has 3 aromatic rings. The summed E-state index contributed by atoms with van der Waals surface area (Å²) >= 11 is 0. The van der Waals surface area contributed by atoms with Crippen molar-refractivity contribution in [2.45, 2.75) is 16.6 Å². The van der Waals surface area contributed by atoms with Gasteiger partial charge in [0.15, 0.2) is 9.84 Å². The van der Waals surface area contributed by atoms with Gasteiger partial charge >= 0.3 is 0 Å². The summed E-state index contributed by atoms with van der Waals surface area (Å²) in [6.07, 6.45) is 0.440. The van der Waals surface area contributed by atoms with Crippen LogP contribution in [0.25, 0.3) is 11.0 Å². The maximum atomic E-state index is 12.7. The number of carbonyl (C=O) groups is 1. The molecule has 7 nitrogen and oxygen atoms in total. The second-order valence-corrected chi connectivity index (χ2v) is 8.28. The van der Waals surface area contributed by atoms with Crippen LogP contribution in [-0.2, 0) is 9.84 Å². The highest BCUT2D eigenvalue weighted by molar-refractivity contribution is 7.92. The van der Waals surface area contributed by atoms with Crippen LogP contribution in [0.15, 0.2) is 53.4 Å². The van der Waals surface area contributed by atoms with Crippen LogP contribution in [0.1, 0.15) is 16.8 Å². The average molecular weight is 356 g/mol. The van der Waals surface area contributed by atoms with E-state index < -0.39 is 15.1 Å². The number of amides is 1. The van der Waals surface area contributed by atoms with Gasteiger partial charge in [0.05, 0.1) is 10.1 Å². The van der Waals surface area contributed by atoms with Crippen LogP contribution in [0.4, 0.5) is 0 Å². The number of H-pyrrole nitrogens is 1. The maximum absolute atomic E-state index is 12.7. The highest BCUT2D eigenvalue weighted by Crippen LogP contribution is 2.25. The van der Waals surface area contributed by atoms with Gasteiger partial charge < -0.3 is 4.90 Å². The Hall–Kier alpha value is -2.74. The van der Waals surface area contributed by atoms with Crippen LogP contribution in [0.5, 0.6) is 0 Å². The monoisotopic (exact) mass is 356 g/mol. The Labute approximate surface area is 144 Å². The molecule has 4 rings (SSSR count). The number of rotatable bonds is 3. The number of benzene rings is 2. The highest BCUT2D eigenvalue weighted by Gasteiger charge is 2.36. The molecule has 25 heavy (non-hydrogen) atoms. The van der Waals surface area contributed by atoms with Crippen molar-refractivity contribution in [1.82, 2.24) is 20.3 Å². The topological polar surface area (TPSA) is 96.0 Å². The number of fused-ring (bicyclic) bond motifs is 1. The summed E-state index contributed by atoms with van der Waals surface area (Å²) in [7, 11) is -3.43. The first kappa shape index (κ1) is 15.8. The quantitative estimate of drug-likeness (QED) is 0.770. The predicted molar refractivity (Wildman–Crippen MR) is 91.8 cm³/mol. The maximum Gasteiger partial charge on any atom is 0.253 e. The Balaban J connectivity index is 1.54. The number of hydrogen-bond acceptors (Lipinski definition) is 5. The molecule has 1 aromatic heterocycles. The van der Waals surface area contributed by atoms with E-state index in [-0.39, 0.29) is 12.5 Å². The van der Waals surface area contributed by atoms with Crippen molar-refractivity contribution in [3.63, 3.8) is 0 Å². The minimum Gasteiger partial charge on any atom is -0.337 e. The van der Waals surface area contributed by atoms with Crippen molar-refractivity contribution in [3.8, 4) is 0 Å². The van der Waals surface area contributed by atoms with E-state index in [1.54, 1.807) is 53.4 Å². The van der Waals surface area contributed by atoms with Gasteiger partial charge in [-0.1, -0.05) is 18.2 Å². The number of likely N-dealkylation sites (tertiary alicyclic amines) is 1. The zero-order valence-electron chi connectivity index (χ0n) is 13.3. The van der Waals surface area contributed by atoms with Crippen molar-refractivity contribution in [2.24, 2.45) is 0 Å². The van der Waals surface area contributed by atoms with Crippen molar-refractivity contribution in [2.75, 3.05) is 13.1 Å². The molecule has 0 aliphatic carbocycles. The molecule has 1 amide bonds. The van der Waals surface area contributed by atoms with E-state index >= 15 is 0 Å². The molecule has 0 radical (unpaired) electrons. The Morgan fingerprint density at radius 2 is 1.84 bits per heavy atom.